The van der Waals surface area contributed by atoms with E-state index in [4.69, 9.17) is 0 Å². The lowest BCUT2D eigenvalue weighted by Gasteiger charge is -2.11. The zero-order chi connectivity index (χ0) is 13.1. The largest absolute Gasteiger partial charge is 0.352 e. The van der Waals surface area contributed by atoms with Gasteiger partial charge in [0.25, 0.3) is 0 Å². The Hall–Kier alpha value is -1.58. The van der Waals surface area contributed by atoms with Crippen LogP contribution >= 0.6 is 12.4 Å². The molecule has 1 heterocycles. The minimum absolute atomic E-state index is 0. The van der Waals surface area contributed by atoms with Crippen molar-refractivity contribution in [3.63, 3.8) is 0 Å². The summed E-state index contributed by atoms with van der Waals surface area (Å²) >= 11 is 0. The van der Waals surface area contributed by atoms with E-state index in [-0.39, 0.29) is 24.2 Å². The number of carbonyl (C=O) groups excluding carboxylic acids is 1. The van der Waals surface area contributed by atoms with Gasteiger partial charge in [-0.15, -0.1) is 12.4 Å². The quantitative estimate of drug-likeness (QED) is 0.912. The van der Waals surface area contributed by atoms with Gasteiger partial charge >= 0.3 is 0 Å². The maximum atomic E-state index is 12.0. The highest BCUT2D eigenvalue weighted by molar-refractivity contribution is 5.86. The molecule has 1 atom stereocenters. The molecule has 1 saturated heterocycles. The first-order valence-corrected chi connectivity index (χ1v) is 6.79. The smallest absolute Gasteiger partial charge is 0.224 e. The summed E-state index contributed by atoms with van der Waals surface area (Å²) in [6.45, 7) is 2.37. The van der Waals surface area contributed by atoms with Gasteiger partial charge < -0.3 is 10.6 Å². The summed E-state index contributed by atoms with van der Waals surface area (Å²) in [5, 5.41) is 8.71. The van der Waals surface area contributed by atoms with Crippen LogP contribution in [0.3, 0.4) is 0 Å². The van der Waals surface area contributed by atoms with Gasteiger partial charge in [-0.1, -0.05) is 42.5 Å². The van der Waals surface area contributed by atoms with Gasteiger partial charge in [0.2, 0.25) is 5.91 Å². The first-order valence-electron chi connectivity index (χ1n) is 6.79. The minimum Gasteiger partial charge on any atom is -0.352 e. The summed E-state index contributed by atoms with van der Waals surface area (Å²) in [4.78, 5) is 12.0. The molecule has 0 aromatic heterocycles. The molecule has 0 bridgehead atoms. The first-order chi connectivity index (χ1) is 9.34. The second-order valence-corrected chi connectivity index (χ2v) is 5.05. The van der Waals surface area contributed by atoms with Crippen molar-refractivity contribution in [2.75, 3.05) is 13.1 Å². The summed E-state index contributed by atoms with van der Waals surface area (Å²) in [5.74, 6) is 0.299. The Bertz CT molecular complexity index is 589. The number of halogens is 1. The molecule has 20 heavy (non-hydrogen) atoms. The van der Waals surface area contributed by atoms with Crippen LogP contribution in [-0.4, -0.2) is 19.0 Å². The standard InChI is InChI=1S/C16H18N2O.ClH/c19-16(14-8-9-17-10-14)18-11-13-6-3-5-12-4-1-2-7-15(12)13;/h1-7,14,17H,8-11H2,(H,18,19);1H. The molecule has 0 saturated carbocycles. The maximum absolute atomic E-state index is 12.0. The molecule has 2 aromatic carbocycles. The van der Waals surface area contributed by atoms with Gasteiger partial charge in [-0.2, -0.15) is 0 Å². The summed E-state index contributed by atoms with van der Waals surface area (Å²) in [6, 6.07) is 14.5. The normalized spacial score (nSPS) is 17.7. The fourth-order valence-electron chi connectivity index (χ4n) is 2.65. The Morgan fingerprint density at radius 3 is 2.80 bits per heavy atom. The molecule has 1 fully saturated rings. The van der Waals surface area contributed by atoms with Crippen molar-refractivity contribution >= 4 is 29.1 Å². The molecular weight excluding hydrogens is 272 g/mol. The zero-order valence-corrected chi connectivity index (χ0v) is 12.1. The Balaban J connectivity index is 0.00000147. The number of hydrogen-bond acceptors (Lipinski definition) is 2. The summed E-state index contributed by atoms with van der Waals surface area (Å²) < 4.78 is 0. The zero-order valence-electron chi connectivity index (χ0n) is 11.3. The van der Waals surface area contributed by atoms with Crippen LogP contribution in [0.5, 0.6) is 0 Å². The highest BCUT2D eigenvalue weighted by atomic mass is 35.5. The van der Waals surface area contributed by atoms with E-state index in [0.29, 0.717) is 6.54 Å². The van der Waals surface area contributed by atoms with Crippen LogP contribution < -0.4 is 10.6 Å². The SMILES string of the molecule is Cl.O=C(NCc1cccc2ccccc12)C1CCNC1. The molecular formula is C16H19ClN2O. The van der Waals surface area contributed by atoms with E-state index in [1.54, 1.807) is 0 Å². The predicted octanol–water partition coefficient (Wildman–Crippen LogP) is 2.49. The van der Waals surface area contributed by atoms with Crippen LogP contribution in [0.25, 0.3) is 10.8 Å². The molecule has 1 aliphatic heterocycles. The average Bonchev–Trinajstić information content (AvgIpc) is 2.99. The number of nitrogens with one attached hydrogen (secondary N) is 2. The molecule has 0 spiro atoms. The second kappa shape index (κ2) is 6.73. The Labute approximate surface area is 125 Å². The Morgan fingerprint density at radius 1 is 1.20 bits per heavy atom. The van der Waals surface area contributed by atoms with E-state index in [1.807, 2.05) is 18.2 Å². The van der Waals surface area contributed by atoms with Gasteiger partial charge in [0.05, 0.1) is 5.92 Å². The highest BCUT2D eigenvalue weighted by Crippen LogP contribution is 2.18. The average molecular weight is 291 g/mol. The molecule has 0 radical (unpaired) electrons. The van der Waals surface area contributed by atoms with Crippen molar-refractivity contribution in [2.24, 2.45) is 5.92 Å². The molecule has 2 aromatic rings. The lowest BCUT2D eigenvalue weighted by Crippen LogP contribution is -2.31. The summed E-state index contributed by atoms with van der Waals surface area (Å²) in [6.07, 6.45) is 0.946. The van der Waals surface area contributed by atoms with E-state index in [9.17, 15) is 4.79 Å². The highest BCUT2D eigenvalue weighted by Gasteiger charge is 2.21. The van der Waals surface area contributed by atoms with Crippen molar-refractivity contribution in [1.29, 1.82) is 0 Å². The summed E-state index contributed by atoms with van der Waals surface area (Å²) in [5.41, 5.74) is 1.18. The third-order valence-electron chi connectivity index (χ3n) is 3.76. The van der Waals surface area contributed by atoms with Gasteiger partial charge in [0.15, 0.2) is 0 Å². The number of carbonyl (C=O) groups is 1. The Morgan fingerprint density at radius 2 is 2.00 bits per heavy atom. The fraction of sp³-hybridized carbons (Fsp3) is 0.312. The first kappa shape index (κ1) is 14.8. The van der Waals surface area contributed by atoms with Gasteiger partial charge in [0, 0.05) is 13.1 Å². The molecule has 4 heteroatoms. The van der Waals surface area contributed by atoms with Gasteiger partial charge in [-0.25, -0.2) is 0 Å². The molecule has 1 unspecified atom stereocenters. The van der Waals surface area contributed by atoms with Gasteiger partial charge in [0.1, 0.15) is 0 Å². The third-order valence-corrected chi connectivity index (χ3v) is 3.76. The third kappa shape index (κ3) is 3.11. The predicted molar refractivity (Wildman–Crippen MR) is 84.0 cm³/mol. The number of rotatable bonds is 3. The van der Waals surface area contributed by atoms with Crippen molar-refractivity contribution in [3.05, 3.63) is 48.0 Å². The summed E-state index contributed by atoms with van der Waals surface area (Å²) in [7, 11) is 0. The van der Waals surface area contributed by atoms with Crippen LogP contribution in [0.15, 0.2) is 42.5 Å². The van der Waals surface area contributed by atoms with Crippen LogP contribution in [0.4, 0.5) is 0 Å². The van der Waals surface area contributed by atoms with Crippen LogP contribution in [0.2, 0.25) is 0 Å². The number of amides is 1. The topological polar surface area (TPSA) is 41.1 Å². The van der Waals surface area contributed by atoms with Crippen LogP contribution in [0, 0.1) is 5.92 Å². The molecule has 3 nitrogen and oxygen atoms in total. The van der Waals surface area contributed by atoms with Crippen LogP contribution in [0.1, 0.15) is 12.0 Å². The molecule has 0 aliphatic carbocycles. The van der Waals surface area contributed by atoms with E-state index < -0.39 is 0 Å². The fourth-order valence-corrected chi connectivity index (χ4v) is 2.65. The molecule has 1 aliphatic rings. The molecule has 106 valence electrons. The Kier molecular flexibility index (Phi) is 4.99. The maximum Gasteiger partial charge on any atom is 0.224 e. The van der Waals surface area contributed by atoms with E-state index in [0.717, 1.165) is 19.5 Å². The van der Waals surface area contributed by atoms with Crippen molar-refractivity contribution in [3.8, 4) is 0 Å². The van der Waals surface area contributed by atoms with E-state index >= 15 is 0 Å². The van der Waals surface area contributed by atoms with E-state index in [1.165, 1.54) is 16.3 Å². The van der Waals surface area contributed by atoms with Crippen molar-refractivity contribution in [1.82, 2.24) is 10.6 Å². The minimum atomic E-state index is 0. The lowest BCUT2D eigenvalue weighted by molar-refractivity contribution is -0.124. The molecule has 2 N–H and O–H groups in total. The second-order valence-electron chi connectivity index (χ2n) is 5.05. The molecule has 3 rings (SSSR count). The lowest BCUT2D eigenvalue weighted by atomic mass is 10.0. The number of hydrogen-bond donors (Lipinski definition) is 2. The van der Waals surface area contributed by atoms with Crippen LogP contribution in [-0.2, 0) is 11.3 Å². The number of benzene rings is 2. The van der Waals surface area contributed by atoms with Gasteiger partial charge in [-0.3, -0.25) is 4.79 Å². The number of fused-ring (bicyclic) bond motifs is 1. The van der Waals surface area contributed by atoms with E-state index in [2.05, 4.69) is 34.9 Å². The van der Waals surface area contributed by atoms with Crippen molar-refractivity contribution in [2.45, 2.75) is 13.0 Å². The van der Waals surface area contributed by atoms with Gasteiger partial charge in [-0.05, 0) is 29.3 Å². The monoisotopic (exact) mass is 290 g/mol. The molecule has 1 amide bonds. The van der Waals surface area contributed by atoms with Crippen molar-refractivity contribution < 1.29 is 4.79 Å².